The maximum atomic E-state index is 12.5. The van der Waals surface area contributed by atoms with Crippen LogP contribution in [0.4, 0.5) is 0 Å². The Labute approximate surface area is 149 Å². The van der Waals surface area contributed by atoms with E-state index < -0.39 is 0 Å². The van der Waals surface area contributed by atoms with Gasteiger partial charge < -0.3 is 9.88 Å². The summed E-state index contributed by atoms with van der Waals surface area (Å²) in [4.78, 5) is 16.6. The molecule has 0 atom stereocenters. The van der Waals surface area contributed by atoms with Gasteiger partial charge in [0.15, 0.2) is 0 Å². The molecular weight excluding hydrogens is 366 g/mol. The van der Waals surface area contributed by atoms with Crippen molar-refractivity contribution in [3.63, 3.8) is 0 Å². The molecule has 3 rings (SSSR count). The molecule has 0 bridgehead atoms. The third-order valence-electron chi connectivity index (χ3n) is 3.94. The molecular formula is C19H18BrN3O. The van der Waals surface area contributed by atoms with Gasteiger partial charge in [-0.25, -0.2) is 0 Å². The smallest absolute Gasteiger partial charge is 0.253 e. The van der Waals surface area contributed by atoms with Crippen molar-refractivity contribution in [3.05, 3.63) is 81.8 Å². The van der Waals surface area contributed by atoms with E-state index in [4.69, 9.17) is 0 Å². The van der Waals surface area contributed by atoms with Crippen LogP contribution in [0.25, 0.3) is 5.69 Å². The van der Waals surface area contributed by atoms with Crippen molar-refractivity contribution >= 4 is 21.8 Å². The predicted molar refractivity (Wildman–Crippen MR) is 98.4 cm³/mol. The number of carbonyl (C=O) groups is 1. The number of pyridine rings is 1. The standard InChI is InChI=1S/C19H18BrN3O/c1-13-10-18(19(24)22-12-15-4-3-9-21-11-15)14(2)23(13)17-7-5-16(20)6-8-17/h3-11H,12H2,1-2H3,(H,22,24). The lowest BCUT2D eigenvalue weighted by Gasteiger charge is -2.10. The minimum atomic E-state index is -0.0738. The zero-order valence-corrected chi connectivity index (χ0v) is 15.2. The number of hydrogen-bond acceptors (Lipinski definition) is 2. The van der Waals surface area contributed by atoms with Crippen molar-refractivity contribution in [1.29, 1.82) is 0 Å². The van der Waals surface area contributed by atoms with Gasteiger partial charge in [0.2, 0.25) is 0 Å². The molecule has 0 saturated heterocycles. The lowest BCUT2D eigenvalue weighted by molar-refractivity contribution is 0.0950. The second kappa shape index (κ2) is 7.01. The Balaban J connectivity index is 1.83. The van der Waals surface area contributed by atoms with E-state index in [-0.39, 0.29) is 5.91 Å². The third kappa shape index (κ3) is 3.41. The van der Waals surface area contributed by atoms with Crippen LogP contribution in [0.3, 0.4) is 0 Å². The summed E-state index contributed by atoms with van der Waals surface area (Å²) in [7, 11) is 0. The van der Waals surface area contributed by atoms with Crippen LogP contribution in [-0.2, 0) is 6.54 Å². The molecule has 4 nitrogen and oxygen atoms in total. The lowest BCUT2D eigenvalue weighted by Crippen LogP contribution is -2.23. The van der Waals surface area contributed by atoms with Gasteiger partial charge in [0.1, 0.15) is 0 Å². The number of aryl methyl sites for hydroxylation is 1. The first-order chi connectivity index (χ1) is 11.6. The molecule has 2 heterocycles. The summed E-state index contributed by atoms with van der Waals surface area (Å²) < 4.78 is 3.12. The predicted octanol–water partition coefficient (Wildman–Crippen LogP) is 4.18. The maximum absolute atomic E-state index is 12.5. The van der Waals surface area contributed by atoms with Gasteiger partial charge in [-0.05, 0) is 55.8 Å². The molecule has 1 N–H and O–H groups in total. The summed E-state index contributed by atoms with van der Waals surface area (Å²) in [6, 6.07) is 13.8. The van der Waals surface area contributed by atoms with Gasteiger partial charge in [0.05, 0.1) is 5.56 Å². The average molecular weight is 384 g/mol. The second-order valence-electron chi connectivity index (χ2n) is 5.64. The Hall–Kier alpha value is -2.40. The fourth-order valence-electron chi connectivity index (χ4n) is 2.76. The number of amides is 1. The number of benzene rings is 1. The van der Waals surface area contributed by atoms with E-state index >= 15 is 0 Å². The van der Waals surface area contributed by atoms with Crippen molar-refractivity contribution in [2.75, 3.05) is 0 Å². The normalized spacial score (nSPS) is 10.6. The summed E-state index contributed by atoms with van der Waals surface area (Å²) in [5, 5.41) is 2.96. The van der Waals surface area contributed by atoms with Gasteiger partial charge in [-0.2, -0.15) is 0 Å². The van der Waals surface area contributed by atoms with Crippen molar-refractivity contribution in [1.82, 2.24) is 14.9 Å². The van der Waals surface area contributed by atoms with Crippen molar-refractivity contribution in [2.45, 2.75) is 20.4 Å². The van der Waals surface area contributed by atoms with E-state index in [2.05, 4.69) is 30.8 Å². The maximum Gasteiger partial charge on any atom is 0.253 e. The SMILES string of the molecule is Cc1cc(C(=O)NCc2cccnc2)c(C)n1-c1ccc(Br)cc1. The highest BCUT2D eigenvalue weighted by Crippen LogP contribution is 2.22. The van der Waals surface area contributed by atoms with Crippen LogP contribution in [0.2, 0.25) is 0 Å². The summed E-state index contributed by atoms with van der Waals surface area (Å²) in [6.07, 6.45) is 3.47. The minimum absolute atomic E-state index is 0.0738. The number of carbonyl (C=O) groups excluding carboxylic acids is 1. The van der Waals surface area contributed by atoms with E-state index in [0.29, 0.717) is 12.1 Å². The van der Waals surface area contributed by atoms with Crippen molar-refractivity contribution in [2.24, 2.45) is 0 Å². The van der Waals surface area contributed by atoms with E-state index in [9.17, 15) is 4.79 Å². The molecule has 5 heteroatoms. The van der Waals surface area contributed by atoms with Crippen LogP contribution in [0.5, 0.6) is 0 Å². The molecule has 0 aliphatic heterocycles. The molecule has 3 aromatic rings. The number of halogens is 1. The number of nitrogens with zero attached hydrogens (tertiary/aromatic N) is 2. The molecule has 2 aromatic heterocycles. The molecule has 0 saturated carbocycles. The van der Waals surface area contributed by atoms with Crippen LogP contribution in [-0.4, -0.2) is 15.5 Å². The van der Waals surface area contributed by atoms with E-state index in [1.807, 2.05) is 56.3 Å². The largest absolute Gasteiger partial charge is 0.348 e. The number of nitrogens with one attached hydrogen (secondary N) is 1. The van der Waals surface area contributed by atoms with Crippen LogP contribution in [0, 0.1) is 13.8 Å². The minimum Gasteiger partial charge on any atom is -0.348 e. The van der Waals surface area contributed by atoms with Crippen LogP contribution in [0.1, 0.15) is 27.3 Å². The number of rotatable bonds is 4. The van der Waals surface area contributed by atoms with Crippen molar-refractivity contribution < 1.29 is 4.79 Å². The summed E-state index contributed by atoms with van der Waals surface area (Å²) in [5.74, 6) is -0.0738. The van der Waals surface area contributed by atoms with Crippen LogP contribution in [0.15, 0.2) is 59.3 Å². The van der Waals surface area contributed by atoms with E-state index in [0.717, 1.165) is 27.1 Å². The molecule has 1 amide bonds. The first-order valence-electron chi connectivity index (χ1n) is 7.68. The Morgan fingerprint density at radius 3 is 2.62 bits per heavy atom. The monoisotopic (exact) mass is 383 g/mol. The first kappa shape index (κ1) is 16.5. The fourth-order valence-corrected chi connectivity index (χ4v) is 3.02. The lowest BCUT2D eigenvalue weighted by atomic mass is 10.2. The number of aromatic nitrogens is 2. The zero-order valence-electron chi connectivity index (χ0n) is 13.6. The Bertz CT molecular complexity index is 854. The van der Waals surface area contributed by atoms with Crippen molar-refractivity contribution in [3.8, 4) is 5.69 Å². The van der Waals surface area contributed by atoms with Crippen LogP contribution >= 0.6 is 15.9 Å². The molecule has 0 aliphatic rings. The van der Waals surface area contributed by atoms with Gasteiger partial charge >= 0.3 is 0 Å². The first-order valence-corrected chi connectivity index (χ1v) is 8.47. The van der Waals surface area contributed by atoms with E-state index in [1.165, 1.54) is 0 Å². The Morgan fingerprint density at radius 2 is 1.96 bits per heavy atom. The highest BCUT2D eigenvalue weighted by molar-refractivity contribution is 9.10. The molecule has 24 heavy (non-hydrogen) atoms. The highest BCUT2D eigenvalue weighted by atomic mass is 79.9. The Morgan fingerprint density at radius 1 is 1.21 bits per heavy atom. The van der Waals surface area contributed by atoms with Gasteiger partial charge in [0.25, 0.3) is 5.91 Å². The topological polar surface area (TPSA) is 46.9 Å². The number of hydrogen-bond donors (Lipinski definition) is 1. The Kier molecular flexibility index (Phi) is 4.81. The van der Waals surface area contributed by atoms with Gasteiger partial charge in [0, 0.05) is 40.5 Å². The highest BCUT2D eigenvalue weighted by Gasteiger charge is 2.16. The van der Waals surface area contributed by atoms with Gasteiger partial charge in [-0.3, -0.25) is 9.78 Å². The second-order valence-corrected chi connectivity index (χ2v) is 6.56. The molecule has 0 radical (unpaired) electrons. The quantitative estimate of drug-likeness (QED) is 0.734. The van der Waals surface area contributed by atoms with Gasteiger partial charge in [-0.1, -0.05) is 22.0 Å². The zero-order chi connectivity index (χ0) is 17.1. The van der Waals surface area contributed by atoms with Crippen LogP contribution < -0.4 is 5.32 Å². The summed E-state index contributed by atoms with van der Waals surface area (Å²) in [5.41, 5.74) is 4.67. The van der Waals surface area contributed by atoms with E-state index in [1.54, 1.807) is 12.4 Å². The summed E-state index contributed by atoms with van der Waals surface area (Å²) >= 11 is 3.45. The molecule has 0 fully saturated rings. The fraction of sp³-hybridized carbons (Fsp3) is 0.158. The average Bonchev–Trinajstić information content (AvgIpc) is 2.89. The molecule has 1 aromatic carbocycles. The molecule has 0 unspecified atom stereocenters. The third-order valence-corrected chi connectivity index (χ3v) is 4.47. The summed E-state index contributed by atoms with van der Waals surface area (Å²) in [6.45, 7) is 4.44. The van der Waals surface area contributed by atoms with Gasteiger partial charge in [-0.15, -0.1) is 0 Å². The molecule has 0 aliphatic carbocycles. The molecule has 0 spiro atoms. The molecule has 122 valence electrons.